The summed E-state index contributed by atoms with van der Waals surface area (Å²) in [5, 5.41) is 3.34. The summed E-state index contributed by atoms with van der Waals surface area (Å²) in [6.45, 7) is 8.18. The maximum absolute atomic E-state index is 3.34. The Morgan fingerprint density at radius 3 is 2.17 bits per heavy atom. The normalized spacial score (nSPS) is 22.0. The largest absolute Gasteiger partial charge is 0.319 e. The Balaban J connectivity index is 2.52. The van der Waals surface area contributed by atoms with Crippen LogP contribution < -0.4 is 5.32 Å². The smallest absolute Gasteiger partial charge is 0.0330 e. The van der Waals surface area contributed by atoms with Crippen molar-refractivity contribution in [2.24, 2.45) is 5.41 Å². The number of hydrogen-bond acceptors (Lipinski definition) is 3. The average Bonchev–Trinajstić information content (AvgIpc) is 2.23. The van der Waals surface area contributed by atoms with Crippen LogP contribution in [0.2, 0.25) is 0 Å². The summed E-state index contributed by atoms with van der Waals surface area (Å²) in [6, 6.07) is 0. The Morgan fingerprint density at radius 1 is 1.22 bits per heavy atom. The van der Waals surface area contributed by atoms with Gasteiger partial charge in [-0.1, -0.05) is 13.8 Å². The summed E-state index contributed by atoms with van der Waals surface area (Å²) in [5.41, 5.74) is 0.837. The standard InChI is InChI=1S/C15H33N3/c1-7-14(2,11-16-3)12-18(6)13-15(17(4)5)9-8-10-15/h16H,7-13H2,1-6H3. The highest BCUT2D eigenvalue weighted by atomic mass is 15.2. The Morgan fingerprint density at radius 2 is 1.83 bits per heavy atom. The van der Waals surface area contributed by atoms with Gasteiger partial charge in [0.15, 0.2) is 0 Å². The first-order chi connectivity index (χ1) is 8.37. The van der Waals surface area contributed by atoms with Gasteiger partial charge in [0.05, 0.1) is 0 Å². The molecule has 1 aliphatic carbocycles. The van der Waals surface area contributed by atoms with Gasteiger partial charge in [-0.15, -0.1) is 0 Å². The number of nitrogens with zero attached hydrogens (tertiary/aromatic N) is 2. The molecule has 0 amide bonds. The molecule has 1 atom stereocenters. The molecule has 3 heteroatoms. The fourth-order valence-electron chi connectivity index (χ4n) is 3.26. The molecule has 1 fully saturated rings. The molecule has 0 aliphatic heterocycles. The summed E-state index contributed by atoms with van der Waals surface area (Å²) in [5.74, 6) is 0. The molecule has 1 N–H and O–H groups in total. The molecule has 0 spiro atoms. The molecule has 0 heterocycles. The van der Waals surface area contributed by atoms with Crippen LogP contribution in [-0.4, -0.2) is 63.2 Å². The highest BCUT2D eigenvalue weighted by Crippen LogP contribution is 2.37. The lowest BCUT2D eigenvalue weighted by Gasteiger charge is -2.50. The minimum Gasteiger partial charge on any atom is -0.319 e. The molecule has 1 aliphatic rings. The maximum Gasteiger partial charge on any atom is 0.0330 e. The van der Waals surface area contributed by atoms with Crippen LogP contribution in [0.4, 0.5) is 0 Å². The van der Waals surface area contributed by atoms with E-state index in [9.17, 15) is 0 Å². The lowest BCUT2D eigenvalue weighted by Crippen LogP contribution is -2.57. The molecule has 0 aromatic rings. The zero-order valence-corrected chi connectivity index (χ0v) is 13.3. The highest BCUT2D eigenvalue weighted by Gasteiger charge is 2.40. The Bertz CT molecular complexity index is 248. The zero-order valence-electron chi connectivity index (χ0n) is 13.3. The molecule has 0 saturated heterocycles. The molecule has 0 bridgehead atoms. The molecule has 0 aromatic carbocycles. The van der Waals surface area contributed by atoms with Crippen LogP contribution in [0.3, 0.4) is 0 Å². The molecule has 0 radical (unpaired) electrons. The lowest BCUT2D eigenvalue weighted by atomic mass is 9.75. The van der Waals surface area contributed by atoms with Gasteiger partial charge in [-0.25, -0.2) is 0 Å². The monoisotopic (exact) mass is 255 g/mol. The van der Waals surface area contributed by atoms with Crippen molar-refractivity contribution in [1.29, 1.82) is 0 Å². The number of nitrogens with one attached hydrogen (secondary N) is 1. The van der Waals surface area contributed by atoms with Gasteiger partial charge >= 0.3 is 0 Å². The number of hydrogen-bond donors (Lipinski definition) is 1. The van der Waals surface area contributed by atoms with E-state index in [-0.39, 0.29) is 0 Å². The highest BCUT2D eigenvalue weighted by molar-refractivity contribution is 4.98. The van der Waals surface area contributed by atoms with E-state index in [1.807, 2.05) is 0 Å². The second kappa shape index (κ2) is 6.36. The van der Waals surface area contributed by atoms with Gasteiger partial charge in [0.1, 0.15) is 0 Å². The Labute approximate surface area is 114 Å². The first kappa shape index (κ1) is 15.9. The van der Waals surface area contributed by atoms with E-state index >= 15 is 0 Å². The number of likely N-dealkylation sites (N-methyl/N-ethyl adjacent to an activating group) is 2. The first-order valence-electron chi connectivity index (χ1n) is 7.38. The molecular weight excluding hydrogens is 222 g/mol. The van der Waals surface area contributed by atoms with E-state index in [2.05, 4.69) is 57.2 Å². The third-order valence-electron chi connectivity index (χ3n) is 4.91. The Kier molecular flexibility index (Phi) is 5.63. The quantitative estimate of drug-likeness (QED) is 0.716. The van der Waals surface area contributed by atoms with Crippen molar-refractivity contribution >= 4 is 0 Å². The van der Waals surface area contributed by atoms with Crippen molar-refractivity contribution in [3.8, 4) is 0 Å². The van der Waals surface area contributed by atoms with Crippen LogP contribution in [-0.2, 0) is 0 Å². The molecule has 18 heavy (non-hydrogen) atoms. The average molecular weight is 255 g/mol. The molecular formula is C15H33N3. The Hall–Kier alpha value is -0.120. The lowest BCUT2D eigenvalue weighted by molar-refractivity contribution is 0.0170. The van der Waals surface area contributed by atoms with Gasteiger partial charge in [-0.2, -0.15) is 0 Å². The topological polar surface area (TPSA) is 18.5 Å². The van der Waals surface area contributed by atoms with Crippen LogP contribution in [0.5, 0.6) is 0 Å². The van der Waals surface area contributed by atoms with E-state index in [0.717, 1.165) is 6.54 Å². The van der Waals surface area contributed by atoms with Gasteiger partial charge in [-0.05, 0) is 59.3 Å². The van der Waals surface area contributed by atoms with Crippen LogP contribution in [0.25, 0.3) is 0 Å². The van der Waals surface area contributed by atoms with Crippen LogP contribution in [0, 0.1) is 5.41 Å². The van der Waals surface area contributed by atoms with Gasteiger partial charge < -0.3 is 15.1 Å². The van der Waals surface area contributed by atoms with Crippen molar-refractivity contribution in [1.82, 2.24) is 15.1 Å². The molecule has 1 rings (SSSR count). The predicted molar refractivity (Wildman–Crippen MR) is 80.1 cm³/mol. The second-order valence-corrected chi connectivity index (χ2v) is 6.84. The predicted octanol–water partition coefficient (Wildman–Crippen LogP) is 2.04. The van der Waals surface area contributed by atoms with Crippen molar-refractivity contribution in [2.75, 3.05) is 47.8 Å². The van der Waals surface area contributed by atoms with Gasteiger partial charge in [0, 0.05) is 25.2 Å². The fraction of sp³-hybridized carbons (Fsp3) is 1.00. The molecule has 1 saturated carbocycles. The van der Waals surface area contributed by atoms with Crippen molar-refractivity contribution in [3.05, 3.63) is 0 Å². The summed E-state index contributed by atoms with van der Waals surface area (Å²) >= 11 is 0. The third-order valence-corrected chi connectivity index (χ3v) is 4.91. The zero-order chi connectivity index (χ0) is 13.8. The van der Waals surface area contributed by atoms with Gasteiger partial charge in [-0.3, -0.25) is 0 Å². The summed E-state index contributed by atoms with van der Waals surface area (Å²) in [4.78, 5) is 4.98. The van der Waals surface area contributed by atoms with E-state index < -0.39 is 0 Å². The van der Waals surface area contributed by atoms with E-state index in [1.165, 1.54) is 38.8 Å². The van der Waals surface area contributed by atoms with E-state index in [4.69, 9.17) is 0 Å². The minimum atomic E-state index is 0.390. The van der Waals surface area contributed by atoms with Crippen LogP contribution in [0.15, 0.2) is 0 Å². The van der Waals surface area contributed by atoms with Crippen LogP contribution >= 0.6 is 0 Å². The van der Waals surface area contributed by atoms with Crippen molar-refractivity contribution in [2.45, 2.75) is 45.1 Å². The van der Waals surface area contributed by atoms with Crippen molar-refractivity contribution in [3.63, 3.8) is 0 Å². The first-order valence-corrected chi connectivity index (χ1v) is 7.38. The van der Waals surface area contributed by atoms with Gasteiger partial charge in [0.2, 0.25) is 0 Å². The molecule has 3 nitrogen and oxygen atoms in total. The van der Waals surface area contributed by atoms with Gasteiger partial charge in [0.25, 0.3) is 0 Å². The van der Waals surface area contributed by atoms with E-state index in [1.54, 1.807) is 0 Å². The third kappa shape index (κ3) is 3.69. The van der Waals surface area contributed by atoms with Crippen LogP contribution in [0.1, 0.15) is 39.5 Å². The maximum atomic E-state index is 3.34. The SMILES string of the molecule is CCC(C)(CNC)CN(C)CC1(N(C)C)CCC1. The summed E-state index contributed by atoms with van der Waals surface area (Å²) in [7, 11) is 8.81. The summed E-state index contributed by atoms with van der Waals surface area (Å²) < 4.78 is 0. The molecule has 1 unspecified atom stereocenters. The molecule has 108 valence electrons. The summed E-state index contributed by atoms with van der Waals surface area (Å²) in [6.07, 6.45) is 5.35. The minimum absolute atomic E-state index is 0.390. The molecule has 0 aromatic heterocycles. The van der Waals surface area contributed by atoms with Crippen molar-refractivity contribution < 1.29 is 0 Å². The second-order valence-electron chi connectivity index (χ2n) is 6.84. The van der Waals surface area contributed by atoms with E-state index in [0.29, 0.717) is 11.0 Å². The fourth-order valence-corrected chi connectivity index (χ4v) is 3.26. The number of rotatable bonds is 8.